The summed E-state index contributed by atoms with van der Waals surface area (Å²) in [5.74, 6) is 0.159. The van der Waals surface area contributed by atoms with Crippen molar-refractivity contribution in [1.82, 2.24) is 5.32 Å². The Morgan fingerprint density at radius 2 is 1.85 bits per heavy atom. The van der Waals surface area contributed by atoms with Crippen molar-refractivity contribution < 1.29 is 9.90 Å². The molecular weight excluding hydrogens is 274 g/mol. The third kappa shape index (κ3) is 4.50. The Bertz CT molecular complexity index is 440. The standard InChI is InChI=1S/C16H24ClNO2/c1-11(2)14(19)9-10-18-15(20)16(3,4)12-5-7-13(17)8-6-12/h5-8,11,14,19H,9-10H2,1-4H3,(H,18,20). The van der Waals surface area contributed by atoms with Gasteiger partial charge in [0.05, 0.1) is 11.5 Å². The summed E-state index contributed by atoms with van der Waals surface area (Å²) in [6, 6.07) is 7.30. The molecule has 2 N–H and O–H groups in total. The number of hydrogen-bond acceptors (Lipinski definition) is 2. The highest BCUT2D eigenvalue weighted by atomic mass is 35.5. The Hall–Kier alpha value is -1.06. The number of carbonyl (C=O) groups excluding carboxylic acids is 1. The Labute approximate surface area is 126 Å². The Morgan fingerprint density at radius 1 is 1.30 bits per heavy atom. The smallest absolute Gasteiger partial charge is 0.230 e. The zero-order valence-electron chi connectivity index (χ0n) is 12.6. The molecule has 3 nitrogen and oxygen atoms in total. The average molecular weight is 298 g/mol. The van der Waals surface area contributed by atoms with E-state index in [2.05, 4.69) is 5.32 Å². The van der Waals surface area contributed by atoms with E-state index in [1.54, 1.807) is 12.1 Å². The average Bonchev–Trinajstić information content (AvgIpc) is 2.38. The second-order valence-electron chi connectivity index (χ2n) is 5.99. The molecule has 1 unspecified atom stereocenters. The van der Waals surface area contributed by atoms with Crippen molar-refractivity contribution in [1.29, 1.82) is 0 Å². The predicted molar refractivity (Wildman–Crippen MR) is 82.9 cm³/mol. The fourth-order valence-electron chi connectivity index (χ4n) is 1.89. The normalized spacial score (nSPS) is 13.3. The quantitative estimate of drug-likeness (QED) is 0.847. The molecule has 0 saturated carbocycles. The van der Waals surface area contributed by atoms with E-state index in [1.807, 2.05) is 39.8 Å². The molecule has 0 aliphatic heterocycles. The fourth-order valence-corrected chi connectivity index (χ4v) is 2.01. The van der Waals surface area contributed by atoms with E-state index < -0.39 is 5.41 Å². The number of nitrogens with one attached hydrogen (secondary N) is 1. The molecule has 0 radical (unpaired) electrons. The minimum absolute atomic E-state index is 0.0456. The first-order chi connectivity index (χ1) is 9.25. The molecule has 0 spiro atoms. The molecule has 0 fully saturated rings. The second kappa shape index (κ2) is 7.09. The van der Waals surface area contributed by atoms with Gasteiger partial charge in [-0.2, -0.15) is 0 Å². The van der Waals surface area contributed by atoms with Crippen molar-refractivity contribution in [2.24, 2.45) is 5.92 Å². The van der Waals surface area contributed by atoms with Crippen molar-refractivity contribution >= 4 is 17.5 Å². The first-order valence-electron chi connectivity index (χ1n) is 6.97. The van der Waals surface area contributed by atoms with Gasteiger partial charge in [0.25, 0.3) is 0 Å². The van der Waals surface area contributed by atoms with Crippen LogP contribution in [0.15, 0.2) is 24.3 Å². The number of benzene rings is 1. The molecule has 0 aromatic heterocycles. The Kier molecular flexibility index (Phi) is 6.03. The van der Waals surface area contributed by atoms with Gasteiger partial charge in [0.15, 0.2) is 0 Å². The summed E-state index contributed by atoms with van der Waals surface area (Å²) in [5.41, 5.74) is 0.303. The minimum atomic E-state index is -0.618. The third-order valence-corrected chi connectivity index (χ3v) is 3.88. The Morgan fingerprint density at radius 3 is 2.35 bits per heavy atom. The van der Waals surface area contributed by atoms with Gasteiger partial charge >= 0.3 is 0 Å². The van der Waals surface area contributed by atoms with Gasteiger partial charge in [-0.1, -0.05) is 37.6 Å². The van der Waals surface area contributed by atoms with Crippen LogP contribution in [0.25, 0.3) is 0 Å². The lowest BCUT2D eigenvalue weighted by Gasteiger charge is -2.25. The molecule has 4 heteroatoms. The lowest BCUT2D eigenvalue weighted by molar-refractivity contribution is -0.125. The summed E-state index contributed by atoms with van der Waals surface area (Å²) >= 11 is 5.86. The van der Waals surface area contributed by atoms with Crippen LogP contribution in [0.3, 0.4) is 0 Å². The van der Waals surface area contributed by atoms with Gasteiger partial charge in [0.1, 0.15) is 0 Å². The highest BCUT2D eigenvalue weighted by molar-refractivity contribution is 6.30. The van der Waals surface area contributed by atoms with Crippen molar-refractivity contribution in [3.63, 3.8) is 0 Å². The van der Waals surface area contributed by atoms with Gasteiger partial charge in [-0.25, -0.2) is 0 Å². The summed E-state index contributed by atoms with van der Waals surface area (Å²) < 4.78 is 0. The van der Waals surface area contributed by atoms with Gasteiger partial charge in [-0.3, -0.25) is 4.79 Å². The molecule has 0 heterocycles. The molecule has 1 rings (SSSR count). The topological polar surface area (TPSA) is 49.3 Å². The molecule has 20 heavy (non-hydrogen) atoms. The fraction of sp³-hybridized carbons (Fsp3) is 0.562. The van der Waals surface area contributed by atoms with Gasteiger partial charge in [0, 0.05) is 11.6 Å². The van der Waals surface area contributed by atoms with Crippen LogP contribution in [0.5, 0.6) is 0 Å². The Balaban J connectivity index is 2.59. The molecule has 112 valence electrons. The van der Waals surface area contributed by atoms with E-state index >= 15 is 0 Å². The molecule has 1 aromatic carbocycles. The van der Waals surface area contributed by atoms with Crippen LogP contribution < -0.4 is 5.32 Å². The van der Waals surface area contributed by atoms with Gasteiger partial charge < -0.3 is 10.4 Å². The van der Waals surface area contributed by atoms with E-state index in [1.165, 1.54) is 0 Å². The van der Waals surface area contributed by atoms with E-state index in [0.717, 1.165) is 5.56 Å². The predicted octanol–water partition coefficient (Wildman–Crippen LogP) is 3.14. The second-order valence-corrected chi connectivity index (χ2v) is 6.42. The summed E-state index contributed by atoms with van der Waals surface area (Å²) in [5, 5.41) is 13.3. The number of aliphatic hydroxyl groups excluding tert-OH is 1. The number of hydrogen-bond donors (Lipinski definition) is 2. The number of rotatable bonds is 6. The first kappa shape index (κ1) is 17.0. The van der Waals surface area contributed by atoms with Crippen LogP contribution in [0.1, 0.15) is 39.7 Å². The number of aliphatic hydroxyl groups is 1. The van der Waals surface area contributed by atoms with E-state index in [9.17, 15) is 9.90 Å². The number of carbonyl (C=O) groups is 1. The SMILES string of the molecule is CC(C)C(O)CCNC(=O)C(C)(C)c1ccc(Cl)cc1. The lowest BCUT2D eigenvalue weighted by atomic mass is 9.83. The van der Waals surface area contributed by atoms with Crippen molar-refractivity contribution in [2.75, 3.05) is 6.54 Å². The van der Waals surface area contributed by atoms with E-state index in [-0.39, 0.29) is 17.9 Å². The monoisotopic (exact) mass is 297 g/mol. The molecule has 1 aromatic rings. The zero-order chi connectivity index (χ0) is 15.3. The summed E-state index contributed by atoms with van der Waals surface area (Å²) in [4.78, 5) is 12.3. The van der Waals surface area contributed by atoms with Gasteiger partial charge in [0.2, 0.25) is 5.91 Å². The maximum Gasteiger partial charge on any atom is 0.230 e. The van der Waals surface area contributed by atoms with Gasteiger partial charge in [-0.05, 0) is 43.9 Å². The van der Waals surface area contributed by atoms with E-state index in [4.69, 9.17) is 11.6 Å². The molecular formula is C16H24ClNO2. The van der Waals surface area contributed by atoms with Crippen molar-refractivity contribution in [2.45, 2.75) is 45.6 Å². The first-order valence-corrected chi connectivity index (χ1v) is 7.35. The lowest BCUT2D eigenvalue weighted by Crippen LogP contribution is -2.41. The number of halogens is 1. The van der Waals surface area contributed by atoms with Crippen LogP contribution in [0.4, 0.5) is 0 Å². The molecule has 0 bridgehead atoms. The number of amides is 1. The summed E-state index contributed by atoms with van der Waals surface area (Å²) in [6.07, 6.45) is 0.189. The molecule has 1 amide bonds. The third-order valence-electron chi connectivity index (χ3n) is 3.63. The van der Waals surface area contributed by atoms with Crippen molar-refractivity contribution in [3.05, 3.63) is 34.9 Å². The van der Waals surface area contributed by atoms with E-state index in [0.29, 0.717) is 18.0 Å². The van der Waals surface area contributed by atoms with Crippen LogP contribution in [-0.2, 0) is 10.2 Å². The molecule has 1 atom stereocenters. The van der Waals surface area contributed by atoms with Crippen LogP contribution in [0, 0.1) is 5.92 Å². The molecule has 0 aliphatic rings. The summed E-state index contributed by atoms with van der Waals surface area (Å²) in [7, 11) is 0. The largest absolute Gasteiger partial charge is 0.393 e. The van der Waals surface area contributed by atoms with Crippen LogP contribution in [0.2, 0.25) is 5.02 Å². The molecule has 0 aliphatic carbocycles. The van der Waals surface area contributed by atoms with Crippen molar-refractivity contribution in [3.8, 4) is 0 Å². The highest BCUT2D eigenvalue weighted by Gasteiger charge is 2.29. The zero-order valence-corrected chi connectivity index (χ0v) is 13.4. The highest BCUT2D eigenvalue weighted by Crippen LogP contribution is 2.24. The summed E-state index contributed by atoms with van der Waals surface area (Å²) in [6.45, 7) is 8.17. The molecule has 0 saturated heterocycles. The van der Waals surface area contributed by atoms with Gasteiger partial charge in [-0.15, -0.1) is 0 Å². The van der Waals surface area contributed by atoms with Crippen LogP contribution in [-0.4, -0.2) is 23.7 Å². The minimum Gasteiger partial charge on any atom is -0.393 e. The maximum atomic E-state index is 12.3. The van der Waals surface area contributed by atoms with Crippen LogP contribution >= 0.6 is 11.6 Å². The maximum absolute atomic E-state index is 12.3.